The number of hydrogen-bond donors (Lipinski definition) is 0. The van der Waals surface area contributed by atoms with Gasteiger partial charge >= 0.3 is 0 Å². The monoisotopic (exact) mass is 530 g/mol. The second kappa shape index (κ2) is 10.8. The molecule has 1 atom stereocenters. The average molecular weight is 531 g/mol. The number of aryl methyl sites for hydroxylation is 4. The molecule has 1 heterocycles. The Morgan fingerprint density at radius 3 is 1.86 bits per heavy atom. The van der Waals surface area contributed by atoms with Gasteiger partial charge in [-0.05, 0) is 63.6 Å². The van der Waals surface area contributed by atoms with Crippen molar-refractivity contribution >= 4 is 20.2 Å². The smallest absolute Gasteiger partial charge is 0.297 e. The molecule has 2 aromatic carbocycles. The summed E-state index contributed by atoms with van der Waals surface area (Å²) in [4.78, 5) is 12.6. The highest BCUT2D eigenvalue weighted by Gasteiger charge is 2.27. The highest BCUT2D eigenvalue weighted by Crippen LogP contribution is 2.19. The molecular weight excluding hydrogens is 504 g/mol. The third kappa shape index (κ3) is 6.27. The summed E-state index contributed by atoms with van der Waals surface area (Å²) in [5, 5.41) is 9.37. The molecule has 9 nitrogen and oxygen atoms in total. The van der Waals surface area contributed by atoms with Gasteiger partial charge in [-0.1, -0.05) is 35.4 Å². The zero-order valence-corrected chi connectivity index (χ0v) is 21.9. The number of rotatable bonds is 9. The van der Waals surface area contributed by atoms with Gasteiger partial charge in [-0.25, -0.2) is 0 Å². The SMILES string of the molecule is Cc1ccc(S(=O)(=O)OC[C@H](Cn2c(C)cc(C)c(C#N)c2=O)OS(=O)(=O)c2ccc(C)cc2)cc1. The Hall–Kier alpha value is -3.30. The predicted molar refractivity (Wildman–Crippen MR) is 132 cm³/mol. The molecule has 0 aliphatic rings. The fourth-order valence-corrected chi connectivity index (χ4v) is 5.47. The van der Waals surface area contributed by atoms with E-state index in [1.54, 1.807) is 58.0 Å². The average Bonchev–Trinajstić information content (AvgIpc) is 2.80. The molecule has 36 heavy (non-hydrogen) atoms. The van der Waals surface area contributed by atoms with Gasteiger partial charge in [0.2, 0.25) is 0 Å². The van der Waals surface area contributed by atoms with Crippen LogP contribution in [0.25, 0.3) is 0 Å². The van der Waals surface area contributed by atoms with E-state index in [2.05, 4.69) is 0 Å². The maximum Gasteiger partial charge on any atom is 0.297 e. The van der Waals surface area contributed by atoms with Crippen LogP contribution in [0.5, 0.6) is 0 Å². The van der Waals surface area contributed by atoms with Crippen molar-refractivity contribution in [3.05, 3.63) is 92.9 Å². The standard InChI is InChI=1S/C25H26N2O7S2/c1-17-5-9-22(10-6-17)35(29,30)33-16-21(34-36(31,32)23-11-7-18(2)8-12-23)15-27-20(4)13-19(3)24(14-26)25(27)28/h5-13,21H,15-16H2,1-4H3/t21-/m0/s1. The van der Waals surface area contributed by atoms with Crippen LogP contribution < -0.4 is 5.56 Å². The lowest BCUT2D eigenvalue weighted by Gasteiger charge is -2.21. The summed E-state index contributed by atoms with van der Waals surface area (Å²) in [6.45, 7) is 5.77. The molecule has 0 fully saturated rings. The molecule has 0 aliphatic heterocycles. The summed E-state index contributed by atoms with van der Waals surface area (Å²) in [5.74, 6) is 0. The van der Waals surface area contributed by atoms with Crippen molar-refractivity contribution in [1.82, 2.24) is 4.57 Å². The van der Waals surface area contributed by atoms with E-state index in [1.807, 2.05) is 6.07 Å². The van der Waals surface area contributed by atoms with Crippen molar-refractivity contribution in [3.8, 4) is 6.07 Å². The van der Waals surface area contributed by atoms with Crippen LogP contribution in [0.15, 0.2) is 69.2 Å². The van der Waals surface area contributed by atoms with Crippen LogP contribution in [0.3, 0.4) is 0 Å². The van der Waals surface area contributed by atoms with Crippen molar-refractivity contribution in [2.45, 2.75) is 50.1 Å². The van der Waals surface area contributed by atoms with Crippen LogP contribution in [-0.2, 0) is 35.1 Å². The minimum absolute atomic E-state index is 0.103. The summed E-state index contributed by atoms with van der Waals surface area (Å²) < 4.78 is 63.0. The molecule has 11 heteroatoms. The van der Waals surface area contributed by atoms with Crippen LogP contribution in [-0.4, -0.2) is 34.1 Å². The molecule has 190 valence electrons. The van der Waals surface area contributed by atoms with Crippen molar-refractivity contribution in [1.29, 1.82) is 5.26 Å². The Labute approximate surface area is 210 Å². The molecule has 3 rings (SSSR count). The van der Waals surface area contributed by atoms with Crippen LogP contribution in [0.4, 0.5) is 0 Å². The molecule has 3 aromatic rings. The summed E-state index contributed by atoms with van der Waals surface area (Å²) in [5.41, 5.74) is 1.86. The Bertz CT molecular complexity index is 1570. The minimum Gasteiger partial charge on any atom is -0.309 e. The Morgan fingerprint density at radius 1 is 0.861 bits per heavy atom. The lowest BCUT2D eigenvalue weighted by Crippen LogP contribution is -2.35. The Balaban J connectivity index is 1.97. The summed E-state index contributed by atoms with van der Waals surface area (Å²) in [6.07, 6.45) is -1.40. The highest BCUT2D eigenvalue weighted by atomic mass is 32.2. The van der Waals surface area contributed by atoms with Crippen molar-refractivity contribution in [3.63, 3.8) is 0 Å². The Kier molecular flexibility index (Phi) is 8.15. The molecule has 0 amide bonds. The van der Waals surface area contributed by atoms with Crippen molar-refractivity contribution < 1.29 is 25.2 Å². The third-order valence-corrected chi connectivity index (χ3v) is 8.16. The van der Waals surface area contributed by atoms with Gasteiger partial charge in [0.25, 0.3) is 25.8 Å². The summed E-state index contributed by atoms with van der Waals surface area (Å²) in [6, 6.07) is 15.3. The second-order valence-electron chi connectivity index (χ2n) is 8.41. The van der Waals surface area contributed by atoms with Crippen LogP contribution in [0, 0.1) is 39.0 Å². The molecule has 0 radical (unpaired) electrons. The summed E-state index contributed by atoms with van der Waals surface area (Å²) >= 11 is 0. The van der Waals surface area contributed by atoms with E-state index < -0.39 is 38.5 Å². The van der Waals surface area contributed by atoms with Crippen molar-refractivity contribution in [2.24, 2.45) is 0 Å². The van der Waals surface area contributed by atoms with Gasteiger partial charge in [-0.3, -0.25) is 13.2 Å². The van der Waals surface area contributed by atoms with Gasteiger partial charge in [-0.15, -0.1) is 0 Å². The lowest BCUT2D eigenvalue weighted by atomic mass is 10.1. The zero-order chi connectivity index (χ0) is 26.7. The van der Waals surface area contributed by atoms with E-state index in [1.165, 1.54) is 28.8 Å². The number of nitrogens with zero attached hydrogens (tertiary/aromatic N) is 2. The van der Waals surface area contributed by atoms with Gasteiger partial charge in [-0.2, -0.15) is 22.1 Å². The first kappa shape index (κ1) is 27.3. The normalized spacial score (nSPS) is 12.8. The molecule has 0 saturated carbocycles. The summed E-state index contributed by atoms with van der Waals surface area (Å²) in [7, 11) is -8.58. The van der Waals surface area contributed by atoms with Crippen LogP contribution in [0.2, 0.25) is 0 Å². The fourth-order valence-electron chi connectivity index (χ4n) is 3.48. The van der Waals surface area contributed by atoms with Gasteiger partial charge in [0, 0.05) is 5.69 Å². The molecule has 1 aromatic heterocycles. The largest absolute Gasteiger partial charge is 0.309 e. The quantitative estimate of drug-likeness (QED) is 0.386. The molecule has 0 saturated heterocycles. The predicted octanol–water partition coefficient (Wildman–Crippen LogP) is 3.13. The number of hydrogen-bond acceptors (Lipinski definition) is 8. The second-order valence-corrected chi connectivity index (χ2v) is 11.6. The van der Waals surface area contributed by atoms with E-state index in [0.29, 0.717) is 11.3 Å². The highest BCUT2D eigenvalue weighted by molar-refractivity contribution is 7.87. The molecular formula is C25H26N2O7S2. The zero-order valence-electron chi connectivity index (χ0n) is 20.3. The Morgan fingerprint density at radius 2 is 1.36 bits per heavy atom. The molecule has 0 spiro atoms. The number of nitriles is 1. The maximum atomic E-state index is 13.0. The van der Waals surface area contributed by atoms with Gasteiger partial charge in [0.15, 0.2) is 0 Å². The van der Waals surface area contributed by atoms with E-state index in [4.69, 9.17) is 8.37 Å². The first-order valence-electron chi connectivity index (χ1n) is 10.9. The topological polar surface area (TPSA) is 133 Å². The van der Waals surface area contributed by atoms with Crippen LogP contribution >= 0.6 is 0 Å². The van der Waals surface area contributed by atoms with Gasteiger partial charge in [0.05, 0.1) is 22.9 Å². The van der Waals surface area contributed by atoms with E-state index in [-0.39, 0.29) is 21.9 Å². The molecule has 0 N–H and O–H groups in total. The van der Waals surface area contributed by atoms with Gasteiger partial charge < -0.3 is 4.57 Å². The van der Waals surface area contributed by atoms with Gasteiger partial charge in [0.1, 0.15) is 17.7 Å². The number of pyridine rings is 1. The van der Waals surface area contributed by atoms with E-state index in [9.17, 15) is 26.9 Å². The lowest BCUT2D eigenvalue weighted by molar-refractivity contribution is 0.120. The molecule has 0 bridgehead atoms. The van der Waals surface area contributed by atoms with E-state index in [0.717, 1.165) is 11.1 Å². The number of aromatic nitrogens is 1. The molecule has 0 aliphatic carbocycles. The molecule has 0 unspecified atom stereocenters. The van der Waals surface area contributed by atoms with Crippen LogP contribution in [0.1, 0.15) is 27.9 Å². The minimum atomic E-state index is -4.34. The fraction of sp³-hybridized carbons (Fsp3) is 0.280. The van der Waals surface area contributed by atoms with E-state index >= 15 is 0 Å². The maximum absolute atomic E-state index is 13.0. The van der Waals surface area contributed by atoms with Crippen molar-refractivity contribution in [2.75, 3.05) is 6.61 Å². The number of benzene rings is 2. The first-order chi connectivity index (χ1) is 16.8. The first-order valence-corrected chi connectivity index (χ1v) is 13.7. The third-order valence-electron chi connectivity index (χ3n) is 5.49.